The molecule has 0 aliphatic rings. The molecule has 0 aromatic rings. The summed E-state index contributed by atoms with van der Waals surface area (Å²) in [6.45, 7) is 13.0. The van der Waals surface area contributed by atoms with Crippen molar-refractivity contribution in [3.8, 4) is 0 Å². The third-order valence-electron chi connectivity index (χ3n) is 9.55. The maximum atomic E-state index is 14.3. The zero-order chi connectivity index (χ0) is 31.8. The Morgan fingerprint density at radius 2 is 0.860 bits per heavy atom. The molecule has 0 radical (unpaired) electrons. The third kappa shape index (κ3) is 26.1. The van der Waals surface area contributed by atoms with Gasteiger partial charge in [-0.1, -0.05) is 163 Å². The Bertz CT molecular complexity index is 603. The van der Waals surface area contributed by atoms with Crippen molar-refractivity contribution < 1.29 is 9.59 Å². The molecule has 0 saturated heterocycles. The van der Waals surface area contributed by atoms with E-state index in [1.54, 1.807) is 0 Å². The number of carbonyl (C=O) groups excluding carboxylic acids is 2. The summed E-state index contributed by atoms with van der Waals surface area (Å²) >= 11 is 0. The van der Waals surface area contributed by atoms with Gasteiger partial charge >= 0.3 is 0 Å². The summed E-state index contributed by atoms with van der Waals surface area (Å²) in [5, 5.41) is 0. The summed E-state index contributed by atoms with van der Waals surface area (Å²) in [5.41, 5.74) is 0. The van der Waals surface area contributed by atoms with Gasteiger partial charge in [0.15, 0.2) is 0 Å². The number of carbonyl (C=O) groups is 2. The molecule has 1 amide bonds. The highest BCUT2D eigenvalue weighted by molar-refractivity contribution is 5.79. The van der Waals surface area contributed by atoms with E-state index in [0.717, 1.165) is 45.2 Å². The Morgan fingerprint density at radius 1 is 0.442 bits per heavy atom. The predicted molar refractivity (Wildman–Crippen MR) is 191 cm³/mol. The smallest absolute Gasteiger partial charge is 0.225 e. The highest BCUT2D eigenvalue weighted by Crippen LogP contribution is 2.25. The second kappa shape index (κ2) is 32.5. The number of hydrogen-bond donors (Lipinski definition) is 0. The maximum absolute atomic E-state index is 14.3. The maximum Gasteiger partial charge on any atom is 0.225 e. The van der Waals surface area contributed by atoms with E-state index < -0.39 is 0 Å². The van der Waals surface area contributed by atoms with Crippen LogP contribution in [-0.4, -0.2) is 29.7 Å². The van der Waals surface area contributed by atoms with E-state index in [0.29, 0.717) is 30.4 Å². The molecule has 0 heterocycles. The van der Waals surface area contributed by atoms with Crippen molar-refractivity contribution in [3.05, 3.63) is 0 Å². The monoisotopic (exact) mass is 606 g/mol. The zero-order valence-electron chi connectivity index (χ0n) is 30.3. The number of amides is 1. The molecule has 3 nitrogen and oxygen atoms in total. The van der Waals surface area contributed by atoms with E-state index >= 15 is 0 Å². The lowest BCUT2D eigenvalue weighted by atomic mass is 9.90. The van der Waals surface area contributed by atoms with Crippen molar-refractivity contribution in [1.82, 2.24) is 4.90 Å². The normalized spacial score (nSPS) is 12.9. The number of unbranched alkanes of at least 4 members (excludes halogenated alkanes) is 17. The van der Waals surface area contributed by atoms with Crippen molar-refractivity contribution in [2.45, 2.75) is 221 Å². The predicted octanol–water partition coefficient (Wildman–Crippen LogP) is 13.0. The molecular weight excluding hydrogens is 526 g/mol. The minimum absolute atomic E-state index is 0.194. The van der Waals surface area contributed by atoms with Crippen molar-refractivity contribution in [2.75, 3.05) is 13.1 Å². The zero-order valence-corrected chi connectivity index (χ0v) is 30.3. The lowest BCUT2D eigenvalue weighted by Crippen LogP contribution is -2.40. The van der Waals surface area contributed by atoms with Crippen molar-refractivity contribution in [3.63, 3.8) is 0 Å². The van der Waals surface area contributed by atoms with Crippen molar-refractivity contribution in [1.29, 1.82) is 0 Å². The summed E-state index contributed by atoms with van der Waals surface area (Å²) in [6.07, 6.45) is 35.0. The molecule has 2 unspecified atom stereocenters. The fourth-order valence-corrected chi connectivity index (χ4v) is 6.67. The quantitative estimate of drug-likeness (QED) is 0.0684. The molecule has 0 rings (SSSR count). The van der Waals surface area contributed by atoms with E-state index in [1.165, 1.54) is 141 Å². The molecule has 0 saturated carbocycles. The van der Waals surface area contributed by atoms with Gasteiger partial charge < -0.3 is 4.90 Å². The minimum Gasteiger partial charge on any atom is -0.342 e. The molecule has 3 heteroatoms. The Hall–Kier alpha value is -0.860. The molecule has 0 aliphatic heterocycles. The molecule has 43 heavy (non-hydrogen) atoms. The van der Waals surface area contributed by atoms with Crippen LogP contribution in [-0.2, 0) is 9.59 Å². The first-order valence-electron chi connectivity index (χ1n) is 19.8. The van der Waals surface area contributed by atoms with Gasteiger partial charge in [-0.05, 0) is 50.9 Å². The average Bonchev–Trinajstić information content (AvgIpc) is 3.00. The molecule has 0 N–H and O–H groups in total. The Kier molecular flexibility index (Phi) is 31.9. The SMILES string of the molecule is CCCCCCCCC(CCCCCC)CN(CCCCC(=O)CCC)C(=O)C(CCCCCC)CCCCCCCC. The largest absolute Gasteiger partial charge is 0.342 e. The lowest BCUT2D eigenvalue weighted by Gasteiger charge is -2.31. The molecule has 2 atom stereocenters. The Labute approximate surface area is 271 Å². The lowest BCUT2D eigenvalue weighted by molar-refractivity contribution is -0.137. The first-order valence-corrected chi connectivity index (χ1v) is 19.8. The fraction of sp³-hybridized carbons (Fsp3) is 0.950. The highest BCUT2D eigenvalue weighted by Gasteiger charge is 2.26. The van der Waals surface area contributed by atoms with Gasteiger partial charge in [-0.3, -0.25) is 9.59 Å². The summed E-state index contributed by atoms with van der Waals surface area (Å²) in [5.74, 6) is 1.67. The van der Waals surface area contributed by atoms with Gasteiger partial charge in [-0.25, -0.2) is 0 Å². The van der Waals surface area contributed by atoms with Gasteiger partial charge in [-0.2, -0.15) is 0 Å². The van der Waals surface area contributed by atoms with E-state index in [-0.39, 0.29) is 5.92 Å². The summed E-state index contributed by atoms with van der Waals surface area (Å²) in [7, 11) is 0. The summed E-state index contributed by atoms with van der Waals surface area (Å²) in [6, 6.07) is 0. The molecule has 0 aliphatic carbocycles. The van der Waals surface area contributed by atoms with Crippen LogP contribution in [0.3, 0.4) is 0 Å². The molecule has 0 fully saturated rings. The first-order chi connectivity index (χ1) is 21.0. The highest BCUT2D eigenvalue weighted by atomic mass is 16.2. The standard InChI is InChI=1S/C40H79NO2/c1-6-11-15-19-21-24-31-37(30-23-17-13-8-3)36-41(35-28-27-34-39(42)29-10-5)40(43)38(32-25-18-14-9-4)33-26-22-20-16-12-7-2/h37-38H,6-36H2,1-5H3. The third-order valence-corrected chi connectivity index (χ3v) is 9.55. The van der Waals surface area contributed by atoms with Gasteiger partial charge in [0.2, 0.25) is 5.91 Å². The van der Waals surface area contributed by atoms with Crippen LogP contribution in [0.15, 0.2) is 0 Å². The number of Topliss-reactive ketones (excluding diaryl/α,β-unsaturated/α-hetero) is 1. The molecule has 0 spiro atoms. The van der Waals surface area contributed by atoms with Crippen LogP contribution in [0.1, 0.15) is 221 Å². The van der Waals surface area contributed by atoms with Gasteiger partial charge in [0, 0.05) is 31.8 Å². The van der Waals surface area contributed by atoms with Crippen LogP contribution in [0.4, 0.5) is 0 Å². The first kappa shape index (κ1) is 42.1. The van der Waals surface area contributed by atoms with Crippen molar-refractivity contribution in [2.24, 2.45) is 11.8 Å². The van der Waals surface area contributed by atoms with E-state index in [9.17, 15) is 9.59 Å². The van der Waals surface area contributed by atoms with E-state index in [1.807, 2.05) is 0 Å². The molecule has 0 aromatic heterocycles. The van der Waals surface area contributed by atoms with Gasteiger partial charge in [0.1, 0.15) is 5.78 Å². The van der Waals surface area contributed by atoms with Crippen LogP contribution < -0.4 is 0 Å². The van der Waals surface area contributed by atoms with Gasteiger partial charge in [0.25, 0.3) is 0 Å². The molecular formula is C40H79NO2. The number of ketones is 1. The number of nitrogens with zero attached hydrogens (tertiary/aromatic N) is 1. The second-order valence-corrected chi connectivity index (χ2v) is 13.9. The Balaban J connectivity index is 5.50. The van der Waals surface area contributed by atoms with Crippen LogP contribution in [0.2, 0.25) is 0 Å². The molecule has 0 bridgehead atoms. The van der Waals surface area contributed by atoms with E-state index in [2.05, 4.69) is 39.5 Å². The Morgan fingerprint density at radius 3 is 1.33 bits per heavy atom. The van der Waals surface area contributed by atoms with Crippen LogP contribution >= 0.6 is 0 Å². The fourth-order valence-electron chi connectivity index (χ4n) is 6.67. The molecule has 0 aromatic carbocycles. The average molecular weight is 606 g/mol. The second-order valence-electron chi connectivity index (χ2n) is 13.9. The topological polar surface area (TPSA) is 37.4 Å². The van der Waals surface area contributed by atoms with E-state index in [4.69, 9.17) is 0 Å². The van der Waals surface area contributed by atoms with Crippen molar-refractivity contribution >= 4 is 11.7 Å². The van der Waals surface area contributed by atoms with Crippen LogP contribution in [0.25, 0.3) is 0 Å². The van der Waals surface area contributed by atoms with Crippen LogP contribution in [0.5, 0.6) is 0 Å². The summed E-state index contributed by atoms with van der Waals surface area (Å²) in [4.78, 5) is 28.8. The summed E-state index contributed by atoms with van der Waals surface area (Å²) < 4.78 is 0. The number of rotatable bonds is 34. The molecule has 256 valence electrons. The minimum atomic E-state index is 0.194. The van der Waals surface area contributed by atoms with Crippen LogP contribution in [0, 0.1) is 11.8 Å². The van der Waals surface area contributed by atoms with Gasteiger partial charge in [0.05, 0.1) is 0 Å². The number of hydrogen-bond acceptors (Lipinski definition) is 2. The van der Waals surface area contributed by atoms with Gasteiger partial charge in [-0.15, -0.1) is 0 Å².